The van der Waals surface area contributed by atoms with E-state index in [-0.39, 0.29) is 27.8 Å². The summed E-state index contributed by atoms with van der Waals surface area (Å²) in [6.07, 6.45) is -8.81. The molecule has 0 aliphatic heterocycles. The number of nitrogens with one attached hydrogen (secondary N) is 1. The van der Waals surface area contributed by atoms with Crippen molar-refractivity contribution in [2.24, 2.45) is 5.28 Å². The zero-order valence-electron chi connectivity index (χ0n) is 25.2. The van der Waals surface area contributed by atoms with E-state index in [9.17, 15) is 36.4 Å². The summed E-state index contributed by atoms with van der Waals surface area (Å²) in [6, 6.07) is 12.2. The highest BCUT2D eigenvalue weighted by atomic mass is 32.2. The average molecular weight is 673 g/mol. The van der Waals surface area contributed by atoms with Crippen LogP contribution < -0.4 is 4.72 Å². The van der Waals surface area contributed by atoms with Gasteiger partial charge in [-0.15, -0.1) is 5.01 Å². The molecular weight excluding hydrogens is 641 g/mol. The fourth-order valence-electron chi connectivity index (χ4n) is 3.51. The van der Waals surface area contributed by atoms with Gasteiger partial charge < -0.3 is 19.4 Å². The molecule has 1 unspecified atom stereocenters. The summed E-state index contributed by atoms with van der Waals surface area (Å²) in [5.41, 5.74) is 0.469. The minimum absolute atomic E-state index is 0.0330. The molecule has 15 nitrogen and oxygen atoms in total. The summed E-state index contributed by atoms with van der Waals surface area (Å²) in [6.45, 7) is 5.60. The van der Waals surface area contributed by atoms with Gasteiger partial charge in [-0.1, -0.05) is 29.8 Å². The zero-order valence-corrected chi connectivity index (χ0v) is 26.0. The first kappa shape index (κ1) is 35.4. The van der Waals surface area contributed by atoms with Gasteiger partial charge in [0.05, 0.1) is 34.4 Å². The lowest BCUT2D eigenvalue weighted by atomic mass is 10.1. The van der Waals surface area contributed by atoms with Crippen LogP contribution in [0.4, 0.5) is 22.8 Å². The third kappa shape index (κ3) is 9.98. The highest BCUT2D eigenvalue weighted by molar-refractivity contribution is 7.90. The monoisotopic (exact) mass is 672 g/mol. The van der Waals surface area contributed by atoms with Crippen LogP contribution >= 0.6 is 0 Å². The van der Waals surface area contributed by atoms with Crippen LogP contribution in [0.1, 0.15) is 32.0 Å². The molecule has 1 heterocycles. The molecule has 0 aliphatic rings. The van der Waals surface area contributed by atoms with Gasteiger partial charge in [-0.25, -0.2) is 27.4 Å². The van der Waals surface area contributed by atoms with Crippen LogP contribution in [-0.2, 0) is 35.2 Å². The number of aryl methyl sites for hydroxylation is 1. The van der Waals surface area contributed by atoms with E-state index in [1.54, 1.807) is 42.8 Å². The van der Waals surface area contributed by atoms with Gasteiger partial charge in [0.15, 0.2) is 5.69 Å². The SMILES string of the molecule is Cc1ccc(-c2cc(C(F)(F)F)nn2-c2ccc(S(=O)(=O)NC(=O)OCCN(C)/[N+]([O-])=N/OC(C)OC(=O)OC(C)C)cc2)cc1. The number of hydrogen-bond acceptors (Lipinski definition) is 11. The third-order valence-corrected chi connectivity index (χ3v) is 7.08. The van der Waals surface area contributed by atoms with Crippen molar-refractivity contribution < 1.29 is 55.2 Å². The Kier molecular flexibility index (Phi) is 11.4. The van der Waals surface area contributed by atoms with Crippen molar-refractivity contribution in [3.63, 3.8) is 0 Å². The fraction of sp³-hybridized carbons (Fsp3) is 0.370. The molecule has 0 spiro atoms. The van der Waals surface area contributed by atoms with Gasteiger partial charge in [0, 0.05) is 12.5 Å². The van der Waals surface area contributed by atoms with Crippen LogP contribution in [0.25, 0.3) is 16.9 Å². The van der Waals surface area contributed by atoms with Gasteiger partial charge in [0.25, 0.3) is 16.3 Å². The minimum atomic E-state index is -4.72. The quantitative estimate of drug-likeness (QED) is 0.0907. The first-order chi connectivity index (χ1) is 21.5. The maximum absolute atomic E-state index is 13.5. The highest BCUT2D eigenvalue weighted by Gasteiger charge is 2.35. The highest BCUT2D eigenvalue weighted by Crippen LogP contribution is 2.33. The molecule has 0 saturated carbocycles. The lowest BCUT2D eigenvalue weighted by Gasteiger charge is -2.15. The van der Waals surface area contributed by atoms with Crippen molar-refractivity contribution in [3.05, 3.63) is 71.1 Å². The first-order valence-electron chi connectivity index (χ1n) is 13.4. The largest absolute Gasteiger partial charge is 0.569 e. The van der Waals surface area contributed by atoms with Crippen molar-refractivity contribution in [1.82, 2.24) is 19.5 Å². The standard InChI is InChI=1S/C27H31F3N6O9S/c1-17(2)43-26(38)44-19(4)45-33-36(39)34(5)14-15-42-25(37)32-46(40,41)22-12-10-21(11-13-22)35-23(16-24(31-35)27(28,29)30)20-8-6-18(3)7-9-20/h6-13,16-17,19H,14-15H2,1-5H3,(H,32,37)/b36-33-. The number of benzene rings is 2. The molecule has 19 heteroatoms. The van der Waals surface area contributed by atoms with Crippen LogP contribution in [-0.4, -0.2) is 73.0 Å². The molecule has 0 aliphatic carbocycles. The molecule has 1 atom stereocenters. The maximum Gasteiger partial charge on any atom is 0.511 e. The van der Waals surface area contributed by atoms with E-state index in [4.69, 9.17) is 19.0 Å². The Labute approximate surface area is 261 Å². The third-order valence-electron chi connectivity index (χ3n) is 5.76. The number of nitrogens with zero attached hydrogens (tertiary/aromatic N) is 5. The number of likely N-dealkylation sites (N-methyl/N-ethyl adjacent to an activating group) is 1. The summed E-state index contributed by atoms with van der Waals surface area (Å²) in [5.74, 6) is 0. The van der Waals surface area contributed by atoms with Crippen molar-refractivity contribution in [3.8, 4) is 16.9 Å². The summed E-state index contributed by atoms with van der Waals surface area (Å²) in [5, 5.41) is 19.7. The van der Waals surface area contributed by atoms with Gasteiger partial charge in [0.1, 0.15) is 13.2 Å². The van der Waals surface area contributed by atoms with Crippen molar-refractivity contribution in [2.45, 2.75) is 51.2 Å². The molecule has 2 aromatic carbocycles. The van der Waals surface area contributed by atoms with Crippen molar-refractivity contribution in [1.29, 1.82) is 0 Å². The number of halogens is 3. The van der Waals surface area contributed by atoms with Crippen LogP contribution in [0.15, 0.2) is 64.8 Å². The molecule has 1 N–H and O–H groups in total. The predicted octanol–water partition coefficient (Wildman–Crippen LogP) is 4.93. The van der Waals surface area contributed by atoms with E-state index in [0.29, 0.717) is 5.56 Å². The number of rotatable bonds is 12. The van der Waals surface area contributed by atoms with E-state index >= 15 is 0 Å². The number of carbonyl (C=O) groups excluding carboxylic acids is 2. The van der Waals surface area contributed by atoms with Crippen molar-refractivity contribution >= 4 is 22.3 Å². The average Bonchev–Trinajstić information content (AvgIpc) is 3.42. The maximum atomic E-state index is 13.5. The van der Waals surface area contributed by atoms with E-state index in [1.807, 2.05) is 6.92 Å². The molecule has 0 fully saturated rings. The molecular formula is C27H31F3N6O9S. The Morgan fingerprint density at radius 2 is 1.72 bits per heavy atom. The summed E-state index contributed by atoms with van der Waals surface area (Å²) >= 11 is 0. The van der Waals surface area contributed by atoms with Crippen molar-refractivity contribution in [2.75, 3.05) is 20.2 Å². The van der Waals surface area contributed by atoms with Gasteiger partial charge in [0.2, 0.25) is 5.28 Å². The van der Waals surface area contributed by atoms with Crippen LogP contribution in [0.3, 0.4) is 0 Å². The van der Waals surface area contributed by atoms with Crippen LogP contribution in [0.2, 0.25) is 0 Å². The molecule has 1 amide bonds. The number of ether oxygens (including phenoxy) is 3. The lowest BCUT2D eigenvalue weighted by molar-refractivity contribution is -0.707. The van der Waals surface area contributed by atoms with E-state index in [1.165, 1.54) is 26.1 Å². The molecule has 1 aromatic heterocycles. The minimum Gasteiger partial charge on any atom is -0.569 e. The molecule has 3 rings (SSSR count). The van der Waals surface area contributed by atoms with Crippen LogP contribution in [0.5, 0.6) is 0 Å². The number of hydrogen-bond donors (Lipinski definition) is 1. The molecule has 250 valence electrons. The zero-order chi connectivity index (χ0) is 34.2. The summed E-state index contributed by atoms with van der Waals surface area (Å²) in [4.78, 5) is 27.8. The molecule has 46 heavy (non-hydrogen) atoms. The van der Waals surface area contributed by atoms with E-state index in [0.717, 1.165) is 33.5 Å². The number of carbonyl (C=O) groups is 2. The smallest absolute Gasteiger partial charge is 0.511 e. The molecule has 3 aromatic rings. The Morgan fingerprint density at radius 1 is 1.09 bits per heavy atom. The fourth-order valence-corrected chi connectivity index (χ4v) is 4.40. The van der Waals surface area contributed by atoms with E-state index in [2.05, 4.69) is 10.4 Å². The molecule has 0 radical (unpaired) electrons. The first-order valence-corrected chi connectivity index (χ1v) is 14.9. The second kappa shape index (κ2) is 14.8. The van der Waals surface area contributed by atoms with Gasteiger partial charge in [-0.05, 0) is 51.1 Å². The number of alkyl halides is 3. The topological polar surface area (TPSA) is 177 Å². The Balaban J connectivity index is 1.59. The summed E-state index contributed by atoms with van der Waals surface area (Å²) < 4.78 is 82.8. The Bertz CT molecular complexity index is 1640. The second-order valence-corrected chi connectivity index (χ2v) is 11.5. The van der Waals surface area contributed by atoms with Gasteiger partial charge in [-0.3, -0.25) is 4.84 Å². The number of sulfonamides is 1. The Morgan fingerprint density at radius 3 is 2.30 bits per heavy atom. The van der Waals surface area contributed by atoms with Gasteiger partial charge >= 0.3 is 18.4 Å². The molecule has 0 saturated heterocycles. The summed E-state index contributed by atoms with van der Waals surface area (Å²) in [7, 11) is -3.21. The Hall–Kier alpha value is -5.07. The van der Waals surface area contributed by atoms with Crippen LogP contribution in [0, 0.1) is 12.1 Å². The normalized spacial score (nSPS) is 12.8. The number of amides is 1. The predicted molar refractivity (Wildman–Crippen MR) is 152 cm³/mol. The van der Waals surface area contributed by atoms with E-state index < -0.39 is 53.1 Å². The lowest BCUT2D eigenvalue weighted by Crippen LogP contribution is -2.35. The van der Waals surface area contributed by atoms with Gasteiger partial charge in [-0.2, -0.15) is 18.3 Å². The number of hydrazine groups is 1. The number of aromatic nitrogens is 2. The second-order valence-electron chi connectivity index (χ2n) is 9.85. The molecule has 0 bridgehead atoms.